The van der Waals surface area contributed by atoms with Crippen molar-refractivity contribution in [1.29, 1.82) is 0 Å². The quantitative estimate of drug-likeness (QED) is 0.223. The van der Waals surface area contributed by atoms with E-state index in [0.717, 1.165) is 77.9 Å². The first-order valence-electron chi connectivity index (χ1n) is 17.7. The maximum absolute atomic E-state index is 11.8. The monoisotopic (exact) mass is 663 g/mol. The first-order chi connectivity index (χ1) is 25.4. The van der Waals surface area contributed by atoms with E-state index in [1.54, 1.807) is 0 Å². The van der Waals surface area contributed by atoms with Gasteiger partial charge in [0.1, 0.15) is 43.0 Å². The summed E-state index contributed by atoms with van der Waals surface area (Å²) in [5.74, 6) is 1.01. The van der Waals surface area contributed by atoms with E-state index >= 15 is 0 Å². The Hall–Kier alpha value is -6.26. The first kappa shape index (κ1) is 31.7. The summed E-state index contributed by atoms with van der Waals surface area (Å²) < 4.78 is 2.24. The number of para-hydroxylation sites is 3. The lowest BCUT2D eigenvalue weighted by molar-refractivity contribution is 0.482. The number of aromatic nitrogens is 3. The zero-order valence-electron chi connectivity index (χ0n) is 29.6. The molecule has 0 aliphatic rings. The fourth-order valence-corrected chi connectivity index (χ4v) is 7.98. The third-order valence-electron chi connectivity index (χ3n) is 10.9. The first-order valence-corrected chi connectivity index (χ1v) is 17.7. The van der Waals surface area contributed by atoms with Crippen LogP contribution in [0, 0.1) is 0 Å². The van der Waals surface area contributed by atoms with Crippen molar-refractivity contribution >= 4 is 85.8 Å². The van der Waals surface area contributed by atoms with Gasteiger partial charge in [0, 0.05) is 17.3 Å². The van der Waals surface area contributed by atoms with E-state index in [2.05, 4.69) is 154 Å². The van der Waals surface area contributed by atoms with Crippen LogP contribution in [-0.4, -0.2) is 51.0 Å². The van der Waals surface area contributed by atoms with Crippen molar-refractivity contribution < 1.29 is 5.11 Å². The smallest absolute Gasteiger partial charge is 0.148 e. The normalized spacial score (nSPS) is 11.5. The average molecular weight is 663 g/mol. The topological polar surface area (TPSA) is 50.9 Å². The maximum Gasteiger partial charge on any atom is 0.148 e. The number of fused-ring (bicyclic) bond motifs is 3. The van der Waals surface area contributed by atoms with Gasteiger partial charge in [-0.25, -0.2) is 4.98 Å². The highest BCUT2D eigenvalue weighted by Gasteiger charge is 2.25. The summed E-state index contributed by atoms with van der Waals surface area (Å²) in [6.45, 7) is 0. The van der Waals surface area contributed by atoms with Gasteiger partial charge in [-0.05, 0) is 74.6 Å². The lowest BCUT2D eigenvalue weighted by atomic mass is 9.65. The molecule has 0 bridgehead atoms. The largest absolute Gasteiger partial charge is 0.508 e. The summed E-state index contributed by atoms with van der Waals surface area (Å²) in [6, 6.07) is 49.2. The predicted molar refractivity (Wildman–Crippen MR) is 230 cm³/mol. The van der Waals surface area contributed by atoms with Gasteiger partial charge in [-0.15, -0.1) is 5.46 Å². The molecule has 0 aliphatic heterocycles. The minimum absolute atomic E-state index is 0.280. The molecule has 0 saturated carbocycles. The molecule has 1 N–H and O–H groups in total. The number of hydrogen-bond donors (Lipinski definition) is 1. The second kappa shape index (κ2) is 12.5. The summed E-state index contributed by atoms with van der Waals surface area (Å²) >= 11 is 0. The van der Waals surface area contributed by atoms with Crippen LogP contribution in [0.2, 0.25) is 0 Å². The van der Waals surface area contributed by atoms with Gasteiger partial charge in [0.25, 0.3) is 0 Å². The molecule has 0 atom stereocenters. The SMILES string of the molecule is Bc1c(B)c(B)c(-c2nc3ccccc3n2-c2ccccc2-c2c3ccccc3c(-c3cccc(-c4ccccn4)c3)c3ccccc23)c(O)c1B. The fourth-order valence-electron chi connectivity index (χ4n) is 7.98. The van der Waals surface area contributed by atoms with Gasteiger partial charge in [0.15, 0.2) is 0 Å². The van der Waals surface area contributed by atoms with Gasteiger partial charge in [-0.3, -0.25) is 9.55 Å². The van der Waals surface area contributed by atoms with Crippen molar-refractivity contribution in [2.45, 2.75) is 0 Å². The lowest BCUT2D eigenvalue weighted by Crippen LogP contribution is -2.48. The van der Waals surface area contributed by atoms with Crippen molar-refractivity contribution in [2.24, 2.45) is 0 Å². The molecule has 0 saturated heterocycles. The molecule has 2 aromatic heterocycles. The van der Waals surface area contributed by atoms with Gasteiger partial charge in [0.05, 0.1) is 28.0 Å². The van der Waals surface area contributed by atoms with E-state index in [0.29, 0.717) is 0 Å². The third-order valence-corrected chi connectivity index (χ3v) is 10.9. The minimum Gasteiger partial charge on any atom is -0.508 e. The Bertz CT molecular complexity index is 2780. The van der Waals surface area contributed by atoms with E-state index in [1.165, 1.54) is 27.1 Å². The lowest BCUT2D eigenvalue weighted by Gasteiger charge is -2.22. The van der Waals surface area contributed by atoms with Gasteiger partial charge in [-0.1, -0.05) is 120 Å². The molecule has 7 aromatic carbocycles. The van der Waals surface area contributed by atoms with Crippen molar-refractivity contribution in [3.63, 3.8) is 0 Å². The van der Waals surface area contributed by atoms with Crippen LogP contribution in [0.15, 0.2) is 146 Å². The van der Waals surface area contributed by atoms with Crippen LogP contribution >= 0.6 is 0 Å². The third kappa shape index (κ3) is 4.90. The zero-order valence-corrected chi connectivity index (χ0v) is 29.6. The van der Waals surface area contributed by atoms with Crippen molar-refractivity contribution in [3.8, 4) is 56.3 Å². The number of hydrogen-bond acceptors (Lipinski definition) is 3. The molecule has 9 rings (SSSR count). The molecule has 0 aliphatic carbocycles. The van der Waals surface area contributed by atoms with Crippen molar-refractivity contribution in [2.75, 3.05) is 0 Å². The number of aromatic hydroxyl groups is 1. The highest BCUT2D eigenvalue weighted by atomic mass is 16.3. The highest BCUT2D eigenvalue weighted by Crippen LogP contribution is 2.46. The summed E-state index contributed by atoms with van der Waals surface area (Å²) in [6.07, 6.45) is 1.85. The molecule has 2 heterocycles. The molecular formula is C44H33B4N3O. The second-order valence-corrected chi connectivity index (χ2v) is 13.6. The van der Waals surface area contributed by atoms with E-state index in [9.17, 15) is 5.11 Å². The summed E-state index contributed by atoms with van der Waals surface area (Å²) in [7, 11) is 8.30. The molecule has 242 valence electrons. The van der Waals surface area contributed by atoms with E-state index in [1.807, 2.05) is 32.2 Å². The van der Waals surface area contributed by atoms with Crippen LogP contribution in [-0.2, 0) is 0 Å². The molecule has 0 radical (unpaired) electrons. The van der Waals surface area contributed by atoms with Gasteiger partial charge in [-0.2, -0.15) is 0 Å². The number of phenolic OH excluding ortho intramolecular Hbond substituents is 1. The van der Waals surface area contributed by atoms with Gasteiger partial charge >= 0.3 is 0 Å². The molecule has 0 spiro atoms. The van der Waals surface area contributed by atoms with E-state index < -0.39 is 0 Å². The maximum atomic E-state index is 11.8. The van der Waals surface area contributed by atoms with E-state index in [-0.39, 0.29) is 5.75 Å². The van der Waals surface area contributed by atoms with Crippen LogP contribution in [0.5, 0.6) is 5.75 Å². The van der Waals surface area contributed by atoms with E-state index in [4.69, 9.17) is 4.98 Å². The summed E-state index contributed by atoms with van der Waals surface area (Å²) in [5, 5.41) is 16.5. The number of imidazole rings is 1. The Kier molecular flexibility index (Phi) is 7.62. The Labute approximate surface area is 306 Å². The van der Waals surface area contributed by atoms with Crippen LogP contribution in [0.1, 0.15) is 0 Å². The van der Waals surface area contributed by atoms with Crippen LogP contribution in [0.25, 0.3) is 83.2 Å². The Morgan fingerprint density at radius 1 is 0.500 bits per heavy atom. The number of pyridine rings is 1. The Morgan fingerprint density at radius 3 is 1.81 bits per heavy atom. The summed E-state index contributed by atoms with van der Waals surface area (Å²) in [4.78, 5) is 9.89. The molecule has 8 heteroatoms. The minimum atomic E-state index is 0.280. The molecule has 9 aromatic rings. The standard InChI is InChI=1S/C44H33B4N3O/c45-39-38(43(52)42(48)41(47)40(39)46)44-50-33-20-6-8-22-35(33)51(44)34-21-7-5-18-31(34)37-29-16-3-1-14-27(29)36(28-15-2-4-17-30(28)37)26-13-11-12-25(24-26)32-19-9-10-23-49-32/h1-24,52H,45-48H2. The van der Waals surface area contributed by atoms with Crippen molar-refractivity contribution in [3.05, 3.63) is 146 Å². The molecule has 0 fully saturated rings. The second-order valence-electron chi connectivity index (χ2n) is 13.6. The molecule has 4 nitrogen and oxygen atoms in total. The van der Waals surface area contributed by atoms with Crippen LogP contribution in [0.3, 0.4) is 0 Å². The van der Waals surface area contributed by atoms with Crippen LogP contribution < -0.4 is 21.9 Å². The fraction of sp³-hybridized carbons (Fsp3) is 0. The average Bonchev–Trinajstić information content (AvgIpc) is 3.57. The molecule has 0 amide bonds. The Balaban J connectivity index is 1.37. The molecule has 0 unspecified atom stereocenters. The molecular weight excluding hydrogens is 630 g/mol. The molecule has 52 heavy (non-hydrogen) atoms. The Morgan fingerprint density at radius 2 is 1.10 bits per heavy atom. The summed E-state index contributed by atoms with van der Waals surface area (Å²) in [5.41, 5.74) is 14.4. The van der Waals surface area contributed by atoms with Crippen LogP contribution in [0.4, 0.5) is 0 Å². The predicted octanol–water partition coefficient (Wildman–Crippen LogP) is 4.13. The number of phenols is 1. The zero-order chi connectivity index (χ0) is 35.5. The van der Waals surface area contributed by atoms with Crippen molar-refractivity contribution in [1.82, 2.24) is 14.5 Å². The number of nitrogens with zero attached hydrogens (tertiary/aromatic N) is 3. The number of rotatable bonds is 5. The number of benzene rings is 7. The highest BCUT2D eigenvalue weighted by molar-refractivity contribution is 6.64. The van der Waals surface area contributed by atoms with Gasteiger partial charge in [0.2, 0.25) is 0 Å². The van der Waals surface area contributed by atoms with Gasteiger partial charge < -0.3 is 5.11 Å².